The summed E-state index contributed by atoms with van der Waals surface area (Å²) >= 11 is 0. The van der Waals surface area contributed by atoms with Crippen molar-refractivity contribution < 1.29 is 14.7 Å². The van der Waals surface area contributed by atoms with Crippen LogP contribution in [0.4, 0.5) is 10.5 Å². The molecule has 2 aliphatic rings. The number of rotatable bonds is 7. The predicted molar refractivity (Wildman–Crippen MR) is 104 cm³/mol. The Morgan fingerprint density at radius 1 is 1.12 bits per heavy atom. The van der Waals surface area contributed by atoms with Gasteiger partial charge in [0.25, 0.3) is 0 Å². The molecule has 2 N–H and O–H groups in total. The fourth-order valence-electron chi connectivity index (χ4n) is 3.69. The number of anilines is 1. The lowest BCUT2D eigenvalue weighted by atomic mass is 9.90. The Labute approximate surface area is 161 Å². The number of carboxylic acid groups (broad SMARTS) is 1. The van der Waals surface area contributed by atoms with E-state index in [1.54, 1.807) is 0 Å². The minimum absolute atomic E-state index is 0. The number of amides is 2. The number of hydrogen-bond donors (Lipinski definition) is 2. The topological polar surface area (TPSA) is 72.9 Å². The van der Waals surface area contributed by atoms with E-state index in [9.17, 15) is 9.59 Å². The molecule has 0 spiro atoms. The van der Waals surface area contributed by atoms with Crippen LogP contribution in [0.1, 0.15) is 43.6 Å². The number of benzene rings is 1. The molecule has 0 aromatic heterocycles. The van der Waals surface area contributed by atoms with Crippen molar-refractivity contribution in [2.75, 3.05) is 37.6 Å². The van der Waals surface area contributed by atoms with Crippen molar-refractivity contribution >= 4 is 30.1 Å². The van der Waals surface area contributed by atoms with E-state index in [4.69, 9.17) is 5.11 Å². The first-order chi connectivity index (χ1) is 12.1. The largest absolute Gasteiger partial charge is 0.481 e. The number of carbonyl (C=O) groups excluding carboxylic acids is 1. The minimum atomic E-state index is -0.775. The fraction of sp³-hybridized carbons (Fsp3) is 0.579. The first-order valence-corrected chi connectivity index (χ1v) is 9.24. The first kappa shape index (κ1) is 20.5. The molecule has 0 unspecified atom stereocenters. The Balaban J connectivity index is 0.00000243. The second-order valence-electron chi connectivity index (χ2n) is 6.89. The number of nitrogens with one attached hydrogen (secondary N) is 1. The zero-order valence-electron chi connectivity index (χ0n) is 15.0. The van der Waals surface area contributed by atoms with Crippen molar-refractivity contribution in [2.24, 2.45) is 0 Å². The monoisotopic (exact) mass is 381 g/mol. The van der Waals surface area contributed by atoms with Crippen molar-refractivity contribution in [1.82, 2.24) is 10.2 Å². The SMILES string of the molecule is Cl.O=C(O)CCCCN1CCN(c2ccc(C3CCNCC3)cc2)C1=O. The summed E-state index contributed by atoms with van der Waals surface area (Å²) < 4.78 is 0. The maximum absolute atomic E-state index is 12.5. The number of aliphatic carboxylic acids is 1. The number of unbranched alkanes of at least 4 members (excludes halogenated alkanes) is 1. The van der Waals surface area contributed by atoms with Gasteiger partial charge in [0, 0.05) is 31.7 Å². The van der Waals surface area contributed by atoms with Crippen LogP contribution in [0, 0.1) is 0 Å². The average molecular weight is 382 g/mol. The lowest BCUT2D eigenvalue weighted by Gasteiger charge is -2.24. The second-order valence-corrected chi connectivity index (χ2v) is 6.89. The molecule has 2 amide bonds. The van der Waals surface area contributed by atoms with Crippen molar-refractivity contribution in [3.8, 4) is 0 Å². The molecule has 3 rings (SSSR count). The highest BCUT2D eigenvalue weighted by molar-refractivity contribution is 5.94. The quantitative estimate of drug-likeness (QED) is 0.712. The van der Waals surface area contributed by atoms with Gasteiger partial charge in [0.05, 0.1) is 0 Å². The van der Waals surface area contributed by atoms with Gasteiger partial charge in [-0.25, -0.2) is 4.79 Å². The minimum Gasteiger partial charge on any atom is -0.481 e. The van der Waals surface area contributed by atoms with Crippen LogP contribution in [-0.4, -0.2) is 54.7 Å². The molecule has 6 nitrogen and oxygen atoms in total. The Kier molecular flexibility index (Phi) is 7.72. The number of carbonyl (C=O) groups is 2. The molecule has 2 fully saturated rings. The highest BCUT2D eigenvalue weighted by Crippen LogP contribution is 2.28. The summed E-state index contributed by atoms with van der Waals surface area (Å²) in [7, 11) is 0. The molecule has 0 atom stereocenters. The van der Waals surface area contributed by atoms with Gasteiger partial charge in [-0.05, 0) is 62.4 Å². The summed E-state index contributed by atoms with van der Waals surface area (Å²) in [4.78, 5) is 26.7. The molecule has 1 aromatic rings. The Morgan fingerprint density at radius 3 is 2.46 bits per heavy atom. The molecular weight excluding hydrogens is 354 g/mol. The summed E-state index contributed by atoms with van der Waals surface area (Å²) in [6, 6.07) is 8.47. The van der Waals surface area contributed by atoms with Crippen LogP contribution in [0.3, 0.4) is 0 Å². The van der Waals surface area contributed by atoms with Gasteiger partial charge in [-0.15, -0.1) is 12.4 Å². The molecule has 2 saturated heterocycles. The van der Waals surface area contributed by atoms with Crippen LogP contribution in [0.2, 0.25) is 0 Å². The molecule has 26 heavy (non-hydrogen) atoms. The summed E-state index contributed by atoms with van der Waals surface area (Å²) in [6.45, 7) is 4.20. The van der Waals surface area contributed by atoms with Gasteiger partial charge in [-0.1, -0.05) is 12.1 Å². The number of halogens is 1. The Morgan fingerprint density at radius 2 is 1.81 bits per heavy atom. The van der Waals surface area contributed by atoms with Crippen molar-refractivity contribution in [3.63, 3.8) is 0 Å². The van der Waals surface area contributed by atoms with Gasteiger partial charge in [0.2, 0.25) is 0 Å². The molecule has 0 saturated carbocycles. The van der Waals surface area contributed by atoms with E-state index in [0.29, 0.717) is 32.0 Å². The van der Waals surface area contributed by atoms with Crippen molar-refractivity contribution in [1.29, 1.82) is 0 Å². The first-order valence-electron chi connectivity index (χ1n) is 9.24. The fourth-order valence-corrected chi connectivity index (χ4v) is 3.69. The normalized spacial score (nSPS) is 18.1. The van der Waals surface area contributed by atoms with E-state index in [0.717, 1.165) is 25.2 Å². The standard InChI is InChI=1S/C19H27N3O3.ClH/c23-18(24)3-1-2-12-21-13-14-22(19(21)25)17-6-4-15(5-7-17)16-8-10-20-11-9-16;/h4-7,16,20H,1-3,8-14H2,(H,23,24);1H. The molecule has 0 aliphatic carbocycles. The van der Waals surface area contributed by atoms with Crippen molar-refractivity contribution in [3.05, 3.63) is 29.8 Å². The van der Waals surface area contributed by atoms with E-state index in [2.05, 4.69) is 29.6 Å². The predicted octanol–water partition coefficient (Wildman–Crippen LogP) is 3.07. The van der Waals surface area contributed by atoms with Gasteiger partial charge in [-0.2, -0.15) is 0 Å². The third-order valence-corrected chi connectivity index (χ3v) is 5.18. The smallest absolute Gasteiger partial charge is 0.324 e. The van der Waals surface area contributed by atoms with Crippen LogP contribution >= 0.6 is 12.4 Å². The highest BCUT2D eigenvalue weighted by Gasteiger charge is 2.29. The molecule has 7 heteroatoms. The zero-order chi connectivity index (χ0) is 17.6. The lowest BCUT2D eigenvalue weighted by molar-refractivity contribution is -0.137. The molecule has 144 valence electrons. The molecule has 1 aromatic carbocycles. The van der Waals surface area contributed by atoms with Gasteiger partial charge < -0.3 is 15.3 Å². The average Bonchev–Trinajstić information content (AvgIpc) is 3.00. The molecule has 0 bridgehead atoms. The third kappa shape index (κ3) is 5.11. The maximum atomic E-state index is 12.5. The molecule has 2 aliphatic heterocycles. The number of carboxylic acids is 1. The third-order valence-electron chi connectivity index (χ3n) is 5.18. The summed E-state index contributed by atoms with van der Waals surface area (Å²) in [5, 5.41) is 12.1. The van der Waals surface area contributed by atoms with E-state index in [1.165, 1.54) is 18.4 Å². The highest BCUT2D eigenvalue weighted by atomic mass is 35.5. The number of urea groups is 1. The Hall–Kier alpha value is -1.79. The van der Waals surface area contributed by atoms with Gasteiger partial charge in [0.15, 0.2) is 0 Å². The second kappa shape index (κ2) is 9.78. The molecular formula is C19H28ClN3O3. The van der Waals surface area contributed by atoms with Crippen molar-refractivity contribution in [2.45, 2.75) is 38.0 Å². The number of nitrogens with zero attached hydrogens (tertiary/aromatic N) is 2. The van der Waals surface area contributed by atoms with Crippen LogP contribution in [0.5, 0.6) is 0 Å². The summed E-state index contributed by atoms with van der Waals surface area (Å²) in [5.74, 6) is -0.154. The van der Waals surface area contributed by atoms with Crippen LogP contribution in [-0.2, 0) is 4.79 Å². The van der Waals surface area contributed by atoms with Gasteiger partial charge >= 0.3 is 12.0 Å². The Bertz CT molecular complexity index is 603. The van der Waals surface area contributed by atoms with E-state index in [1.807, 2.05) is 9.80 Å². The number of piperidine rings is 1. The maximum Gasteiger partial charge on any atom is 0.324 e. The van der Waals surface area contributed by atoms with Gasteiger partial charge in [0.1, 0.15) is 0 Å². The molecule has 0 radical (unpaired) electrons. The van der Waals surface area contributed by atoms with Crippen LogP contribution < -0.4 is 10.2 Å². The van der Waals surface area contributed by atoms with Gasteiger partial charge in [-0.3, -0.25) is 9.69 Å². The zero-order valence-corrected chi connectivity index (χ0v) is 15.8. The summed E-state index contributed by atoms with van der Waals surface area (Å²) in [5.41, 5.74) is 2.32. The molecule has 2 heterocycles. The lowest BCUT2D eigenvalue weighted by Crippen LogP contribution is -2.32. The summed E-state index contributed by atoms with van der Waals surface area (Å²) in [6.07, 6.45) is 3.87. The van der Waals surface area contributed by atoms with E-state index >= 15 is 0 Å². The van der Waals surface area contributed by atoms with Crippen LogP contribution in [0.15, 0.2) is 24.3 Å². The number of hydrogen-bond acceptors (Lipinski definition) is 3. The van der Waals surface area contributed by atoms with Crippen LogP contribution in [0.25, 0.3) is 0 Å². The van der Waals surface area contributed by atoms with E-state index in [-0.39, 0.29) is 24.9 Å². The van der Waals surface area contributed by atoms with E-state index < -0.39 is 5.97 Å².